The Hall–Kier alpha value is -1.02. The average molecular weight is 166 g/mol. The zero-order chi connectivity index (χ0) is 9.19. The van der Waals surface area contributed by atoms with Crippen LogP contribution in [0.25, 0.3) is 0 Å². The maximum atomic E-state index is 9.19. The number of aliphatic hydroxyl groups is 1. The highest BCUT2D eigenvalue weighted by molar-refractivity contribution is 5.32. The van der Waals surface area contributed by atoms with Crippen LogP contribution in [-0.2, 0) is 5.41 Å². The number of rotatable bonds is 2. The molecule has 0 atom stereocenters. The Morgan fingerprint density at radius 3 is 2.50 bits per heavy atom. The van der Waals surface area contributed by atoms with E-state index in [4.69, 9.17) is 5.11 Å². The quantitative estimate of drug-likeness (QED) is 0.701. The van der Waals surface area contributed by atoms with Crippen molar-refractivity contribution in [3.63, 3.8) is 0 Å². The first-order chi connectivity index (χ1) is 5.56. The van der Waals surface area contributed by atoms with Crippen LogP contribution in [-0.4, -0.2) is 16.8 Å². The van der Waals surface area contributed by atoms with Gasteiger partial charge in [-0.25, -0.2) is 0 Å². The fraction of sp³-hybridized carbons (Fsp3) is 0.400. The molecule has 0 fully saturated rings. The van der Waals surface area contributed by atoms with Crippen molar-refractivity contribution in [1.29, 1.82) is 0 Å². The van der Waals surface area contributed by atoms with Gasteiger partial charge in [-0.1, -0.05) is 26.0 Å². The number of aliphatic hydroxyl groups excluding tert-OH is 1. The maximum absolute atomic E-state index is 9.19. The molecule has 0 unspecified atom stereocenters. The monoisotopic (exact) mass is 166 g/mol. The molecule has 1 aromatic rings. The van der Waals surface area contributed by atoms with Gasteiger partial charge in [0.25, 0.3) is 0 Å². The lowest BCUT2D eigenvalue weighted by molar-refractivity contribution is 0.218. The first-order valence-corrected chi connectivity index (χ1v) is 3.96. The SMILES string of the molecule is CC(C)(CO)c1cccc(O)c1. The predicted molar refractivity (Wildman–Crippen MR) is 48.2 cm³/mol. The van der Waals surface area contributed by atoms with E-state index in [1.165, 1.54) is 0 Å². The standard InChI is InChI=1S/C10H14O2/c1-10(2,7-11)8-4-3-5-9(12)6-8/h3-6,11-12H,7H2,1-2H3. The number of hydrogen-bond donors (Lipinski definition) is 2. The largest absolute Gasteiger partial charge is 0.508 e. The van der Waals surface area contributed by atoms with E-state index in [0.717, 1.165) is 5.56 Å². The van der Waals surface area contributed by atoms with Gasteiger partial charge in [-0.05, 0) is 17.7 Å². The van der Waals surface area contributed by atoms with Crippen LogP contribution in [0.3, 0.4) is 0 Å². The van der Waals surface area contributed by atoms with Crippen molar-refractivity contribution in [2.75, 3.05) is 6.61 Å². The molecule has 2 nitrogen and oxygen atoms in total. The molecule has 0 aliphatic rings. The molecule has 0 amide bonds. The van der Waals surface area contributed by atoms with Gasteiger partial charge in [0.2, 0.25) is 0 Å². The van der Waals surface area contributed by atoms with Gasteiger partial charge < -0.3 is 10.2 Å². The summed E-state index contributed by atoms with van der Waals surface area (Å²) >= 11 is 0. The zero-order valence-corrected chi connectivity index (χ0v) is 7.41. The molecule has 0 radical (unpaired) electrons. The summed E-state index contributed by atoms with van der Waals surface area (Å²) in [6.07, 6.45) is 0. The maximum Gasteiger partial charge on any atom is 0.115 e. The lowest BCUT2D eigenvalue weighted by Crippen LogP contribution is -2.21. The van der Waals surface area contributed by atoms with Crippen LogP contribution in [0.5, 0.6) is 5.75 Å². The molecule has 0 aliphatic carbocycles. The van der Waals surface area contributed by atoms with Crippen LogP contribution in [0, 0.1) is 0 Å². The van der Waals surface area contributed by atoms with Gasteiger partial charge in [0, 0.05) is 5.41 Å². The molecule has 0 heterocycles. The van der Waals surface area contributed by atoms with E-state index < -0.39 is 0 Å². The van der Waals surface area contributed by atoms with Crippen LogP contribution in [0.2, 0.25) is 0 Å². The zero-order valence-electron chi connectivity index (χ0n) is 7.41. The van der Waals surface area contributed by atoms with Gasteiger partial charge in [-0.3, -0.25) is 0 Å². The highest BCUT2D eigenvalue weighted by Gasteiger charge is 2.19. The van der Waals surface area contributed by atoms with E-state index in [1.807, 2.05) is 19.9 Å². The van der Waals surface area contributed by atoms with Crippen molar-refractivity contribution < 1.29 is 10.2 Å². The summed E-state index contributed by atoms with van der Waals surface area (Å²) in [5.41, 5.74) is 0.670. The first-order valence-electron chi connectivity index (χ1n) is 3.96. The van der Waals surface area contributed by atoms with E-state index in [2.05, 4.69) is 0 Å². The highest BCUT2D eigenvalue weighted by atomic mass is 16.3. The summed E-state index contributed by atoms with van der Waals surface area (Å²) in [6, 6.07) is 6.98. The molecule has 0 aromatic heterocycles. The Kier molecular flexibility index (Phi) is 2.38. The summed E-state index contributed by atoms with van der Waals surface area (Å²) < 4.78 is 0. The number of phenols is 1. The average Bonchev–Trinajstić information content (AvgIpc) is 2.05. The van der Waals surface area contributed by atoms with Crippen LogP contribution >= 0.6 is 0 Å². The van der Waals surface area contributed by atoms with Crippen LogP contribution in [0.1, 0.15) is 19.4 Å². The van der Waals surface area contributed by atoms with Gasteiger partial charge in [0.15, 0.2) is 0 Å². The minimum absolute atomic E-state index is 0.0798. The number of benzene rings is 1. The summed E-state index contributed by atoms with van der Waals surface area (Å²) in [6.45, 7) is 3.94. The fourth-order valence-electron chi connectivity index (χ4n) is 1.02. The van der Waals surface area contributed by atoms with Crippen LogP contribution < -0.4 is 0 Å². The van der Waals surface area contributed by atoms with Crippen LogP contribution in [0.15, 0.2) is 24.3 Å². The van der Waals surface area contributed by atoms with Gasteiger partial charge in [0.05, 0.1) is 6.61 Å². The molecule has 2 heteroatoms. The van der Waals surface area contributed by atoms with Gasteiger partial charge in [0.1, 0.15) is 5.75 Å². The molecular weight excluding hydrogens is 152 g/mol. The fourth-order valence-corrected chi connectivity index (χ4v) is 1.02. The summed E-state index contributed by atoms with van der Waals surface area (Å²) in [5, 5.41) is 18.2. The van der Waals surface area contributed by atoms with Crippen molar-refractivity contribution in [3.05, 3.63) is 29.8 Å². The van der Waals surface area contributed by atoms with E-state index in [1.54, 1.807) is 18.2 Å². The molecule has 12 heavy (non-hydrogen) atoms. The topological polar surface area (TPSA) is 40.5 Å². The van der Waals surface area contributed by atoms with Crippen molar-refractivity contribution in [2.45, 2.75) is 19.3 Å². The normalized spacial score (nSPS) is 11.6. The van der Waals surface area contributed by atoms with Crippen molar-refractivity contribution in [1.82, 2.24) is 0 Å². The van der Waals surface area contributed by atoms with E-state index >= 15 is 0 Å². The highest BCUT2D eigenvalue weighted by Crippen LogP contribution is 2.24. The minimum atomic E-state index is -0.279. The number of phenolic OH excluding ortho intramolecular Hbond substituents is 1. The number of hydrogen-bond acceptors (Lipinski definition) is 2. The lowest BCUT2D eigenvalue weighted by Gasteiger charge is -2.21. The Bertz CT molecular complexity index is 266. The van der Waals surface area contributed by atoms with Crippen molar-refractivity contribution in [2.24, 2.45) is 0 Å². The van der Waals surface area contributed by atoms with E-state index in [-0.39, 0.29) is 17.8 Å². The summed E-state index contributed by atoms with van der Waals surface area (Å²) in [4.78, 5) is 0. The third-order valence-corrected chi connectivity index (χ3v) is 2.02. The second kappa shape index (κ2) is 3.15. The van der Waals surface area contributed by atoms with Gasteiger partial charge >= 0.3 is 0 Å². The molecular formula is C10H14O2. The Labute approximate surface area is 72.5 Å². The van der Waals surface area contributed by atoms with Gasteiger partial charge in [-0.2, -0.15) is 0 Å². The third kappa shape index (κ3) is 1.77. The molecule has 1 aromatic carbocycles. The minimum Gasteiger partial charge on any atom is -0.508 e. The van der Waals surface area contributed by atoms with Gasteiger partial charge in [-0.15, -0.1) is 0 Å². The second-order valence-corrected chi connectivity index (χ2v) is 3.59. The molecule has 0 saturated carbocycles. The predicted octanol–water partition coefficient (Wildman–Crippen LogP) is 1.66. The Balaban J connectivity index is 3.03. The molecule has 0 bridgehead atoms. The second-order valence-electron chi connectivity index (χ2n) is 3.59. The molecule has 0 spiro atoms. The molecule has 2 N–H and O–H groups in total. The number of aromatic hydroxyl groups is 1. The molecule has 0 aliphatic heterocycles. The summed E-state index contributed by atoms with van der Waals surface area (Å²) in [7, 11) is 0. The Morgan fingerprint density at radius 1 is 1.33 bits per heavy atom. The lowest BCUT2D eigenvalue weighted by atomic mass is 9.86. The molecule has 0 saturated heterocycles. The Morgan fingerprint density at radius 2 is 2.00 bits per heavy atom. The van der Waals surface area contributed by atoms with Crippen LogP contribution in [0.4, 0.5) is 0 Å². The molecule has 66 valence electrons. The summed E-state index contributed by atoms with van der Waals surface area (Å²) in [5.74, 6) is 0.244. The van der Waals surface area contributed by atoms with Crippen molar-refractivity contribution in [3.8, 4) is 5.75 Å². The van der Waals surface area contributed by atoms with E-state index in [0.29, 0.717) is 0 Å². The molecule has 1 rings (SSSR count). The van der Waals surface area contributed by atoms with Crippen molar-refractivity contribution >= 4 is 0 Å². The third-order valence-electron chi connectivity index (χ3n) is 2.02. The first kappa shape index (κ1) is 9.07. The smallest absolute Gasteiger partial charge is 0.115 e. The van der Waals surface area contributed by atoms with E-state index in [9.17, 15) is 5.11 Å².